The standard InChI is InChI=1S/C19H25NO7/c1-10-8-14(6-7-16(10)23-5)15(22)9-19(20-11(2)21,17-24-12(3)25-17)18-26-13(4)27-18/h6-8,12-13,17-18H,9H2,1-5H3,(H,20,21). The summed E-state index contributed by atoms with van der Waals surface area (Å²) in [6, 6.07) is 5.17. The summed E-state index contributed by atoms with van der Waals surface area (Å²) in [5, 5.41) is 2.79. The average molecular weight is 379 g/mol. The molecule has 3 rings (SSSR count). The molecule has 0 atom stereocenters. The van der Waals surface area contributed by atoms with Crippen LogP contribution in [0.25, 0.3) is 0 Å². The van der Waals surface area contributed by atoms with Crippen LogP contribution in [0.3, 0.4) is 0 Å². The van der Waals surface area contributed by atoms with Gasteiger partial charge in [-0.3, -0.25) is 9.59 Å². The van der Waals surface area contributed by atoms with Gasteiger partial charge in [0.1, 0.15) is 11.3 Å². The van der Waals surface area contributed by atoms with Crippen molar-refractivity contribution in [1.29, 1.82) is 0 Å². The van der Waals surface area contributed by atoms with E-state index >= 15 is 0 Å². The van der Waals surface area contributed by atoms with Crippen LogP contribution in [0.1, 0.15) is 43.1 Å². The number of carbonyl (C=O) groups is 2. The van der Waals surface area contributed by atoms with E-state index in [1.54, 1.807) is 39.2 Å². The van der Waals surface area contributed by atoms with Crippen LogP contribution in [0, 0.1) is 6.92 Å². The van der Waals surface area contributed by atoms with Crippen LogP contribution in [-0.2, 0) is 23.7 Å². The fourth-order valence-corrected chi connectivity index (χ4v) is 3.39. The fraction of sp³-hybridized carbons (Fsp3) is 0.579. The highest BCUT2D eigenvalue weighted by atomic mass is 16.9. The Balaban J connectivity index is 1.88. The van der Waals surface area contributed by atoms with Crippen LogP contribution in [0.4, 0.5) is 0 Å². The first-order valence-electron chi connectivity index (χ1n) is 8.83. The summed E-state index contributed by atoms with van der Waals surface area (Å²) in [6.45, 7) is 6.68. The number of hydrogen-bond donors (Lipinski definition) is 1. The molecule has 148 valence electrons. The molecular formula is C19H25NO7. The lowest BCUT2D eigenvalue weighted by Gasteiger charge is -2.53. The molecular weight excluding hydrogens is 354 g/mol. The molecule has 0 spiro atoms. The summed E-state index contributed by atoms with van der Waals surface area (Å²) in [5.74, 6) is 0.152. The quantitative estimate of drug-likeness (QED) is 0.723. The van der Waals surface area contributed by atoms with Gasteiger partial charge in [0.25, 0.3) is 0 Å². The van der Waals surface area contributed by atoms with E-state index in [2.05, 4.69) is 5.32 Å². The van der Waals surface area contributed by atoms with Crippen molar-refractivity contribution in [3.8, 4) is 5.75 Å². The molecule has 1 aromatic rings. The Labute approximate surface area is 158 Å². The molecule has 0 radical (unpaired) electrons. The Kier molecular flexibility index (Phi) is 5.53. The number of rotatable bonds is 7. The van der Waals surface area contributed by atoms with Gasteiger partial charge >= 0.3 is 0 Å². The second kappa shape index (κ2) is 7.55. The molecule has 27 heavy (non-hydrogen) atoms. The Morgan fingerprint density at radius 1 is 1.11 bits per heavy atom. The first-order chi connectivity index (χ1) is 12.7. The largest absolute Gasteiger partial charge is 0.496 e. The molecule has 0 aliphatic carbocycles. The summed E-state index contributed by atoms with van der Waals surface area (Å²) in [6.07, 6.45) is -2.67. The molecule has 0 bridgehead atoms. The number of methoxy groups -OCH3 is 1. The molecule has 1 aromatic carbocycles. The third-order valence-electron chi connectivity index (χ3n) is 4.68. The number of Topliss-reactive ketones (excluding diaryl/α,β-unsaturated/α-hetero) is 1. The molecule has 0 unspecified atom stereocenters. The van der Waals surface area contributed by atoms with E-state index in [9.17, 15) is 9.59 Å². The van der Waals surface area contributed by atoms with Crippen LogP contribution in [0.2, 0.25) is 0 Å². The Morgan fingerprint density at radius 2 is 1.67 bits per heavy atom. The van der Waals surface area contributed by atoms with E-state index in [0.717, 1.165) is 5.56 Å². The lowest BCUT2D eigenvalue weighted by Crippen LogP contribution is -2.73. The van der Waals surface area contributed by atoms with Crippen molar-refractivity contribution in [2.24, 2.45) is 0 Å². The molecule has 1 N–H and O–H groups in total. The van der Waals surface area contributed by atoms with Gasteiger partial charge in [0, 0.05) is 18.9 Å². The van der Waals surface area contributed by atoms with Gasteiger partial charge < -0.3 is 29.0 Å². The van der Waals surface area contributed by atoms with Crippen LogP contribution in [-0.4, -0.2) is 49.5 Å². The zero-order valence-corrected chi connectivity index (χ0v) is 16.1. The van der Waals surface area contributed by atoms with Gasteiger partial charge in [0.05, 0.1) is 7.11 Å². The summed E-state index contributed by atoms with van der Waals surface area (Å²) >= 11 is 0. The van der Waals surface area contributed by atoms with Gasteiger partial charge in [-0.15, -0.1) is 0 Å². The van der Waals surface area contributed by atoms with Crippen molar-refractivity contribution in [3.63, 3.8) is 0 Å². The van der Waals surface area contributed by atoms with E-state index in [-0.39, 0.29) is 18.1 Å². The minimum atomic E-state index is -1.28. The molecule has 2 saturated heterocycles. The smallest absolute Gasteiger partial charge is 0.217 e. The summed E-state index contributed by atoms with van der Waals surface area (Å²) in [5.41, 5.74) is 0.0428. The summed E-state index contributed by atoms with van der Waals surface area (Å²) in [4.78, 5) is 24.9. The predicted octanol–water partition coefficient (Wildman–Crippen LogP) is 1.89. The van der Waals surface area contributed by atoms with Crippen molar-refractivity contribution in [2.45, 2.75) is 64.8 Å². The maximum Gasteiger partial charge on any atom is 0.217 e. The summed E-state index contributed by atoms with van der Waals surface area (Å²) < 4.78 is 27.7. The molecule has 2 heterocycles. The molecule has 8 nitrogen and oxygen atoms in total. The second-order valence-electron chi connectivity index (χ2n) is 6.85. The number of ketones is 1. The SMILES string of the molecule is COc1ccc(C(=O)CC(NC(C)=O)(C2OC(C)O2)C2OC(C)O2)cc1C. The Morgan fingerprint density at radius 3 is 2.07 bits per heavy atom. The maximum atomic E-state index is 13.0. The topological polar surface area (TPSA) is 92.3 Å². The molecule has 2 fully saturated rings. The van der Waals surface area contributed by atoms with E-state index in [0.29, 0.717) is 11.3 Å². The van der Waals surface area contributed by atoms with E-state index in [1.165, 1.54) is 6.92 Å². The van der Waals surface area contributed by atoms with Crippen molar-refractivity contribution in [1.82, 2.24) is 5.32 Å². The normalized spacial score (nSPS) is 29.1. The van der Waals surface area contributed by atoms with Crippen LogP contribution in [0.15, 0.2) is 18.2 Å². The van der Waals surface area contributed by atoms with E-state index in [1.807, 2.05) is 6.92 Å². The number of amides is 1. The Hall–Kier alpha value is -2.00. The predicted molar refractivity (Wildman–Crippen MR) is 94.1 cm³/mol. The van der Waals surface area contributed by atoms with Gasteiger partial charge in [-0.25, -0.2) is 0 Å². The third kappa shape index (κ3) is 3.84. The van der Waals surface area contributed by atoms with E-state index < -0.39 is 30.7 Å². The van der Waals surface area contributed by atoms with Crippen molar-refractivity contribution in [2.75, 3.05) is 7.11 Å². The minimum absolute atomic E-state index is 0.104. The second-order valence-corrected chi connectivity index (χ2v) is 6.85. The van der Waals surface area contributed by atoms with Crippen LogP contribution >= 0.6 is 0 Å². The zero-order valence-electron chi connectivity index (χ0n) is 16.1. The third-order valence-corrected chi connectivity index (χ3v) is 4.68. The van der Waals surface area contributed by atoms with Crippen molar-refractivity contribution < 1.29 is 33.3 Å². The van der Waals surface area contributed by atoms with Gasteiger partial charge in [-0.2, -0.15) is 0 Å². The number of aryl methyl sites for hydroxylation is 1. The zero-order chi connectivity index (χ0) is 19.8. The molecule has 8 heteroatoms. The van der Waals surface area contributed by atoms with Crippen molar-refractivity contribution >= 4 is 11.7 Å². The van der Waals surface area contributed by atoms with Crippen LogP contribution in [0.5, 0.6) is 5.75 Å². The first-order valence-corrected chi connectivity index (χ1v) is 8.83. The Bertz CT molecular complexity index is 705. The number of carbonyl (C=O) groups excluding carboxylic acids is 2. The number of hydrogen-bond acceptors (Lipinski definition) is 7. The lowest BCUT2D eigenvalue weighted by atomic mass is 9.86. The van der Waals surface area contributed by atoms with E-state index in [4.69, 9.17) is 23.7 Å². The molecule has 0 aromatic heterocycles. The lowest BCUT2D eigenvalue weighted by molar-refractivity contribution is -0.460. The van der Waals surface area contributed by atoms with Gasteiger partial charge in [-0.05, 0) is 44.5 Å². The maximum absolute atomic E-state index is 13.0. The summed E-state index contributed by atoms with van der Waals surface area (Å²) in [7, 11) is 1.57. The van der Waals surface area contributed by atoms with Gasteiger partial charge in [0.15, 0.2) is 30.9 Å². The van der Waals surface area contributed by atoms with Gasteiger partial charge in [-0.1, -0.05) is 0 Å². The van der Waals surface area contributed by atoms with Gasteiger partial charge in [0.2, 0.25) is 5.91 Å². The minimum Gasteiger partial charge on any atom is -0.496 e. The van der Waals surface area contributed by atoms with Crippen molar-refractivity contribution in [3.05, 3.63) is 29.3 Å². The molecule has 0 saturated carbocycles. The highest BCUT2D eigenvalue weighted by Crippen LogP contribution is 2.39. The average Bonchev–Trinajstić information content (AvgIpc) is 2.55. The van der Waals surface area contributed by atoms with Crippen LogP contribution < -0.4 is 10.1 Å². The molecule has 2 aliphatic heterocycles. The fourth-order valence-electron chi connectivity index (χ4n) is 3.39. The number of ether oxygens (including phenoxy) is 5. The molecule has 2 aliphatic rings. The first kappa shape index (κ1) is 19.8. The number of benzene rings is 1. The number of nitrogens with one attached hydrogen (secondary N) is 1. The monoisotopic (exact) mass is 379 g/mol. The molecule has 1 amide bonds. The highest BCUT2D eigenvalue weighted by molar-refractivity contribution is 5.97. The highest BCUT2D eigenvalue weighted by Gasteiger charge is 2.59.